The SMILES string of the molecule is COC(=O)[C@H](CCSC)NC(=O)N1CCc2[nH]cnc2C1c1ccc(F)c(F)c1F. The highest BCUT2D eigenvalue weighted by molar-refractivity contribution is 7.98. The van der Waals surface area contributed by atoms with Crippen LogP contribution in [0, 0.1) is 17.5 Å². The van der Waals surface area contributed by atoms with Crippen LogP contribution >= 0.6 is 11.8 Å². The standard InChI is InChI=1S/C19H21F3N4O3S/c1-29-18(27)13(6-8-30-2)25-19(28)26-7-5-12-16(24-9-23-12)17(26)10-3-4-11(20)15(22)14(10)21/h3-4,9,13,17H,5-8H2,1-2H3,(H,23,24)(H,25,28)/t13-,17?/m0/s1. The Morgan fingerprint density at radius 3 is 2.83 bits per heavy atom. The molecule has 0 bridgehead atoms. The number of rotatable bonds is 6. The van der Waals surface area contributed by atoms with Gasteiger partial charge in [-0.2, -0.15) is 11.8 Å². The summed E-state index contributed by atoms with van der Waals surface area (Å²) in [5, 5.41) is 2.61. The van der Waals surface area contributed by atoms with E-state index in [4.69, 9.17) is 4.74 Å². The number of nitrogens with zero attached hydrogens (tertiary/aromatic N) is 2. The van der Waals surface area contributed by atoms with Crippen molar-refractivity contribution in [1.82, 2.24) is 20.2 Å². The third-order valence-electron chi connectivity index (χ3n) is 4.94. The summed E-state index contributed by atoms with van der Waals surface area (Å²) in [5.74, 6) is -4.34. The third kappa shape index (κ3) is 4.25. The van der Waals surface area contributed by atoms with E-state index in [2.05, 4.69) is 15.3 Å². The van der Waals surface area contributed by atoms with E-state index in [1.54, 1.807) is 0 Å². The van der Waals surface area contributed by atoms with Gasteiger partial charge in [0.05, 0.1) is 19.1 Å². The molecule has 30 heavy (non-hydrogen) atoms. The number of H-pyrrole nitrogens is 1. The van der Waals surface area contributed by atoms with Crippen molar-refractivity contribution < 1.29 is 27.5 Å². The molecule has 2 heterocycles. The Balaban J connectivity index is 1.95. The fourth-order valence-electron chi connectivity index (χ4n) is 3.42. The number of nitrogens with one attached hydrogen (secondary N) is 2. The van der Waals surface area contributed by atoms with E-state index in [1.807, 2.05) is 6.26 Å². The number of hydrogen-bond acceptors (Lipinski definition) is 5. The van der Waals surface area contributed by atoms with Gasteiger partial charge in [-0.15, -0.1) is 0 Å². The molecular formula is C19H21F3N4O3S. The van der Waals surface area contributed by atoms with Crippen molar-refractivity contribution in [2.75, 3.05) is 25.7 Å². The van der Waals surface area contributed by atoms with E-state index in [0.717, 1.165) is 12.1 Å². The summed E-state index contributed by atoms with van der Waals surface area (Å²) >= 11 is 1.50. The number of aromatic nitrogens is 2. The van der Waals surface area contributed by atoms with Crippen LogP contribution in [0.5, 0.6) is 0 Å². The van der Waals surface area contributed by atoms with Crippen LogP contribution < -0.4 is 5.32 Å². The number of amides is 2. The molecule has 2 aromatic rings. The number of aromatic amines is 1. The highest BCUT2D eigenvalue weighted by Crippen LogP contribution is 2.35. The number of ether oxygens (including phenoxy) is 1. The van der Waals surface area contributed by atoms with Gasteiger partial charge in [0.1, 0.15) is 12.1 Å². The first kappa shape index (κ1) is 22.0. The number of benzene rings is 1. The molecular weight excluding hydrogens is 421 g/mol. The Morgan fingerprint density at radius 1 is 1.37 bits per heavy atom. The van der Waals surface area contributed by atoms with E-state index >= 15 is 0 Å². The van der Waals surface area contributed by atoms with Gasteiger partial charge in [0.15, 0.2) is 17.5 Å². The first-order valence-corrected chi connectivity index (χ1v) is 10.6. The maximum atomic E-state index is 14.6. The lowest BCUT2D eigenvalue weighted by Gasteiger charge is -2.36. The predicted octanol–water partition coefficient (Wildman–Crippen LogP) is 2.78. The highest BCUT2D eigenvalue weighted by atomic mass is 32.2. The Kier molecular flexibility index (Phi) is 6.91. The lowest BCUT2D eigenvalue weighted by molar-refractivity contribution is -0.142. The molecule has 2 N–H and O–H groups in total. The topological polar surface area (TPSA) is 87.3 Å². The van der Waals surface area contributed by atoms with Crippen LogP contribution in [0.2, 0.25) is 0 Å². The Labute approximate surface area is 175 Å². The number of imidazole rings is 1. The molecule has 2 amide bonds. The molecule has 0 aliphatic carbocycles. The Hall–Kier alpha value is -2.69. The van der Waals surface area contributed by atoms with Crippen LogP contribution in [-0.4, -0.2) is 58.6 Å². The van der Waals surface area contributed by atoms with Crippen LogP contribution in [0.3, 0.4) is 0 Å². The van der Waals surface area contributed by atoms with Crippen LogP contribution in [0.1, 0.15) is 29.4 Å². The maximum absolute atomic E-state index is 14.6. The van der Waals surface area contributed by atoms with Crippen molar-refractivity contribution in [3.8, 4) is 0 Å². The number of halogens is 3. The third-order valence-corrected chi connectivity index (χ3v) is 5.58. The van der Waals surface area contributed by atoms with Crippen LogP contribution in [0.4, 0.5) is 18.0 Å². The van der Waals surface area contributed by atoms with E-state index in [9.17, 15) is 22.8 Å². The second kappa shape index (κ2) is 9.41. The minimum absolute atomic E-state index is 0.153. The molecule has 0 saturated carbocycles. The van der Waals surface area contributed by atoms with Crippen molar-refractivity contribution in [2.45, 2.75) is 24.9 Å². The number of carbonyl (C=O) groups excluding carboxylic acids is 2. The average molecular weight is 442 g/mol. The van der Waals surface area contributed by atoms with Gasteiger partial charge in [-0.1, -0.05) is 6.07 Å². The molecule has 1 aromatic carbocycles. The number of thioether (sulfide) groups is 1. The fourth-order valence-corrected chi connectivity index (χ4v) is 3.89. The van der Waals surface area contributed by atoms with Crippen molar-refractivity contribution in [1.29, 1.82) is 0 Å². The number of fused-ring (bicyclic) bond motifs is 1. The number of urea groups is 1. The highest BCUT2D eigenvalue weighted by Gasteiger charge is 2.38. The summed E-state index contributed by atoms with van der Waals surface area (Å²) in [4.78, 5) is 33.4. The summed E-state index contributed by atoms with van der Waals surface area (Å²) < 4.78 is 46.7. The molecule has 0 saturated heterocycles. The molecule has 1 aliphatic heterocycles. The van der Waals surface area contributed by atoms with Gasteiger partial charge in [-0.3, -0.25) is 0 Å². The molecule has 1 aliphatic rings. The smallest absolute Gasteiger partial charge is 0.328 e. The number of hydrogen-bond donors (Lipinski definition) is 2. The van der Waals surface area contributed by atoms with Crippen molar-refractivity contribution in [3.63, 3.8) is 0 Å². The summed E-state index contributed by atoms with van der Waals surface area (Å²) in [7, 11) is 1.22. The van der Waals surface area contributed by atoms with Gasteiger partial charge in [0, 0.05) is 24.2 Å². The molecule has 0 spiro atoms. The summed E-state index contributed by atoms with van der Waals surface area (Å²) in [6.07, 6.45) is 4.00. The lowest BCUT2D eigenvalue weighted by Crippen LogP contribution is -2.51. The molecule has 3 rings (SSSR count). The van der Waals surface area contributed by atoms with E-state index in [0.29, 0.717) is 30.0 Å². The molecule has 7 nitrogen and oxygen atoms in total. The minimum atomic E-state index is -1.62. The Bertz CT molecular complexity index is 940. The number of methoxy groups -OCH3 is 1. The van der Waals surface area contributed by atoms with E-state index in [-0.39, 0.29) is 12.1 Å². The average Bonchev–Trinajstić information content (AvgIpc) is 3.23. The molecule has 1 unspecified atom stereocenters. The van der Waals surface area contributed by atoms with Crippen molar-refractivity contribution in [2.24, 2.45) is 0 Å². The number of esters is 1. The quantitative estimate of drug-likeness (QED) is 0.531. The monoisotopic (exact) mass is 442 g/mol. The maximum Gasteiger partial charge on any atom is 0.328 e. The first-order chi connectivity index (χ1) is 14.4. The zero-order chi connectivity index (χ0) is 21.8. The predicted molar refractivity (Wildman–Crippen MR) is 104 cm³/mol. The van der Waals surface area contributed by atoms with Gasteiger partial charge in [-0.05, 0) is 24.5 Å². The van der Waals surface area contributed by atoms with Crippen LogP contribution in [0.25, 0.3) is 0 Å². The molecule has 2 atom stereocenters. The Morgan fingerprint density at radius 2 is 2.13 bits per heavy atom. The lowest BCUT2D eigenvalue weighted by atomic mass is 9.95. The molecule has 0 radical (unpaired) electrons. The number of carbonyl (C=O) groups is 2. The molecule has 11 heteroatoms. The van der Waals surface area contributed by atoms with Gasteiger partial charge >= 0.3 is 12.0 Å². The summed E-state index contributed by atoms with van der Waals surface area (Å²) in [6, 6.07) is -0.747. The van der Waals surface area contributed by atoms with E-state index < -0.39 is 41.5 Å². The van der Waals surface area contributed by atoms with Crippen molar-refractivity contribution in [3.05, 3.63) is 52.9 Å². The van der Waals surface area contributed by atoms with Gasteiger partial charge in [0.25, 0.3) is 0 Å². The zero-order valence-electron chi connectivity index (χ0n) is 16.4. The summed E-state index contributed by atoms with van der Waals surface area (Å²) in [6.45, 7) is 0.153. The second-order valence-electron chi connectivity index (χ2n) is 6.68. The molecule has 1 aromatic heterocycles. The summed E-state index contributed by atoms with van der Waals surface area (Å²) in [5.41, 5.74) is 0.774. The van der Waals surface area contributed by atoms with E-state index in [1.165, 1.54) is 30.1 Å². The normalized spacial score (nSPS) is 16.7. The van der Waals surface area contributed by atoms with Crippen LogP contribution in [-0.2, 0) is 16.0 Å². The largest absolute Gasteiger partial charge is 0.467 e. The molecule has 0 fully saturated rings. The minimum Gasteiger partial charge on any atom is -0.467 e. The second-order valence-corrected chi connectivity index (χ2v) is 7.67. The fraction of sp³-hybridized carbons (Fsp3) is 0.421. The van der Waals surface area contributed by atoms with Gasteiger partial charge < -0.3 is 19.9 Å². The van der Waals surface area contributed by atoms with Crippen molar-refractivity contribution >= 4 is 23.8 Å². The van der Waals surface area contributed by atoms with Gasteiger partial charge in [0.2, 0.25) is 0 Å². The zero-order valence-corrected chi connectivity index (χ0v) is 17.2. The van der Waals surface area contributed by atoms with Crippen LogP contribution in [0.15, 0.2) is 18.5 Å². The van der Waals surface area contributed by atoms with Gasteiger partial charge in [-0.25, -0.2) is 27.7 Å². The first-order valence-electron chi connectivity index (χ1n) is 9.18. The molecule has 162 valence electrons.